The molecule has 0 aliphatic heterocycles. The van der Waals surface area contributed by atoms with Crippen LogP contribution >= 0.6 is 11.8 Å². The molecule has 0 radical (unpaired) electrons. The van der Waals surface area contributed by atoms with Crippen molar-refractivity contribution in [2.75, 3.05) is 0 Å². The van der Waals surface area contributed by atoms with Gasteiger partial charge in [0.2, 0.25) is 0 Å². The normalized spacial score (nSPS) is 18.6. The molecule has 1 aliphatic rings. The molecule has 0 N–H and O–H groups in total. The van der Waals surface area contributed by atoms with E-state index in [1.54, 1.807) is 36.0 Å². The van der Waals surface area contributed by atoms with Crippen LogP contribution in [0.5, 0.6) is 0 Å². The number of nitrogens with zero attached hydrogens (tertiary/aromatic N) is 1. The van der Waals surface area contributed by atoms with Crippen molar-refractivity contribution in [2.24, 2.45) is 0 Å². The molecule has 1 atom stereocenters. The molecule has 0 unspecified atom stereocenters. The first kappa shape index (κ1) is 11.0. The monoisotopic (exact) mass is 233 g/mol. The molecule has 0 heterocycles. The number of nitro benzene ring substituents is 1. The Morgan fingerprint density at radius 3 is 2.56 bits per heavy atom. The average Bonchev–Trinajstić information content (AvgIpc) is 2.31. The zero-order chi connectivity index (χ0) is 11.4. The highest BCUT2D eigenvalue weighted by atomic mass is 32.2. The summed E-state index contributed by atoms with van der Waals surface area (Å²) in [5.74, 6) is 0. The topological polar surface area (TPSA) is 43.1 Å². The van der Waals surface area contributed by atoms with E-state index in [9.17, 15) is 10.1 Å². The summed E-state index contributed by atoms with van der Waals surface area (Å²) in [4.78, 5) is 11.2. The molecule has 82 valence electrons. The summed E-state index contributed by atoms with van der Waals surface area (Å²) in [5, 5.41) is 10.9. The van der Waals surface area contributed by atoms with Crippen LogP contribution in [0, 0.1) is 10.1 Å². The van der Waals surface area contributed by atoms with Gasteiger partial charge in [-0.1, -0.05) is 24.3 Å². The molecule has 0 bridgehead atoms. The summed E-state index contributed by atoms with van der Waals surface area (Å²) in [6.07, 6.45) is 9.35. The molecule has 1 aromatic rings. The second-order valence-corrected chi connectivity index (χ2v) is 4.77. The van der Waals surface area contributed by atoms with E-state index >= 15 is 0 Å². The zero-order valence-corrected chi connectivity index (χ0v) is 9.39. The van der Waals surface area contributed by atoms with Gasteiger partial charge in [0.15, 0.2) is 0 Å². The van der Waals surface area contributed by atoms with E-state index in [1.165, 1.54) is 0 Å². The minimum absolute atomic E-state index is 0.142. The Bertz CT molecular complexity index is 437. The van der Waals surface area contributed by atoms with Gasteiger partial charge in [-0.15, -0.1) is 11.8 Å². The van der Waals surface area contributed by atoms with Crippen molar-refractivity contribution in [2.45, 2.75) is 16.6 Å². The van der Waals surface area contributed by atoms with E-state index in [0.29, 0.717) is 5.25 Å². The minimum Gasteiger partial charge on any atom is -0.258 e. The van der Waals surface area contributed by atoms with Crippen LogP contribution in [0.3, 0.4) is 0 Å². The summed E-state index contributed by atoms with van der Waals surface area (Å²) in [7, 11) is 0. The lowest BCUT2D eigenvalue weighted by Gasteiger charge is -2.11. The first-order valence-corrected chi connectivity index (χ1v) is 5.88. The molecule has 1 aromatic carbocycles. The number of rotatable bonds is 3. The molecule has 0 spiro atoms. The van der Waals surface area contributed by atoms with Crippen LogP contribution < -0.4 is 0 Å². The number of allylic oxidation sites excluding steroid dienone is 3. The number of non-ortho nitro benzene ring substituents is 1. The molecule has 0 saturated heterocycles. The lowest BCUT2D eigenvalue weighted by molar-refractivity contribution is -0.384. The molecule has 0 aromatic heterocycles. The highest BCUT2D eigenvalue weighted by molar-refractivity contribution is 8.00. The molecule has 4 heteroatoms. The summed E-state index contributed by atoms with van der Waals surface area (Å²) < 4.78 is 0. The minimum atomic E-state index is -0.377. The van der Waals surface area contributed by atoms with E-state index in [4.69, 9.17) is 0 Å². The van der Waals surface area contributed by atoms with Crippen LogP contribution in [0.4, 0.5) is 5.69 Å². The fraction of sp³-hybridized carbons (Fsp3) is 0.167. The molecule has 0 saturated carbocycles. The largest absolute Gasteiger partial charge is 0.269 e. The van der Waals surface area contributed by atoms with Gasteiger partial charge >= 0.3 is 0 Å². The molecule has 3 nitrogen and oxygen atoms in total. The average molecular weight is 233 g/mol. The zero-order valence-electron chi connectivity index (χ0n) is 8.58. The maximum Gasteiger partial charge on any atom is 0.269 e. The maximum absolute atomic E-state index is 10.5. The quantitative estimate of drug-likeness (QED) is 0.592. The Balaban J connectivity index is 2.02. The van der Waals surface area contributed by atoms with Crippen molar-refractivity contribution in [1.82, 2.24) is 0 Å². The van der Waals surface area contributed by atoms with Gasteiger partial charge in [0.25, 0.3) is 5.69 Å². The van der Waals surface area contributed by atoms with Gasteiger partial charge in [0, 0.05) is 22.3 Å². The number of benzene rings is 1. The third kappa shape index (κ3) is 2.73. The molecule has 0 amide bonds. The lowest BCUT2D eigenvalue weighted by Crippen LogP contribution is -1.98. The van der Waals surface area contributed by atoms with E-state index in [-0.39, 0.29) is 10.6 Å². The Hall–Kier alpha value is -1.55. The van der Waals surface area contributed by atoms with Gasteiger partial charge in [-0.25, -0.2) is 0 Å². The predicted octanol–water partition coefficient (Wildman–Crippen LogP) is 3.57. The first-order valence-electron chi connectivity index (χ1n) is 5.00. The number of hydrogen-bond donors (Lipinski definition) is 0. The summed E-state index contributed by atoms with van der Waals surface area (Å²) in [6, 6.07) is 6.69. The fourth-order valence-corrected chi connectivity index (χ4v) is 2.49. The van der Waals surface area contributed by atoms with E-state index < -0.39 is 0 Å². The molecular weight excluding hydrogens is 222 g/mol. The van der Waals surface area contributed by atoms with Crippen LogP contribution in [0.15, 0.2) is 53.5 Å². The smallest absolute Gasteiger partial charge is 0.258 e. The number of nitro groups is 1. The van der Waals surface area contributed by atoms with Gasteiger partial charge in [0.1, 0.15) is 0 Å². The summed E-state index contributed by atoms with van der Waals surface area (Å²) >= 11 is 1.72. The summed E-state index contributed by atoms with van der Waals surface area (Å²) in [6.45, 7) is 0. The number of hydrogen-bond acceptors (Lipinski definition) is 3. The molecule has 2 rings (SSSR count). The van der Waals surface area contributed by atoms with Crippen molar-refractivity contribution in [3.8, 4) is 0 Å². The van der Waals surface area contributed by atoms with Gasteiger partial charge in [-0.2, -0.15) is 0 Å². The van der Waals surface area contributed by atoms with Gasteiger partial charge in [0.05, 0.1) is 4.92 Å². The third-order valence-electron chi connectivity index (χ3n) is 2.28. The Labute approximate surface area is 98.0 Å². The molecule has 16 heavy (non-hydrogen) atoms. The highest BCUT2D eigenvalue weighted by Gasteiger charge is 2.09. The van der Waals surface area contributed by atoms with Crippen LogP contribution in [0.2, 0.25) is 0 Å². The maximum atomic E-state index is 10.5. The number of thioether (sulfide) groups is 1. The van der Waals surface area contributed by atoms with Crippen molar-refractivity contribution in [3.05, 3.63) is 58.7 Å². The fourth-order valence-electron chi connectivity index (χ4n) is 1.47. The second-order valence-electron chi connectivity index (χ2n) is 3.46. The Morgan fingerprint density at radius 2 is 2.00 bits per heavy atom. The summed E-state index contributed by atoms with van der Waals surface area (Å²) in [5.41, 5.74) is 0.142. The van der Waals surface area contributed by atoms with Crippen LogP contribution in [-0.2, 0) is 0 Å². The van der Waals surface area contributed by atoms with Gasteiger partial charge < -0.3 is 0 Å². The highest BCUT2D eigenvalue weighted by Crippen LogP contribution is 2.29. The first-order chi connectivity index (χ1) is 7.75. The van der Waals surface area contributed by atoms with Crippen molar-refractivity contribution in [3.63, 3.8) is 0 Å². The van der Waals surface area contributed by atoms with Crippen molar-refractivity contribution < 1.29 is 4.92 Å². The second kappa shape index (κ2) is 4.99. The van der Waals surface area contributed by atoms with Gasteiger partial charge in [-0.3, -0.25) is 10.1 Å². The Morgan fingerprint density at radius 1 is 1.25 bits per heavy atom. The third-order valence-corrected chi connectivity index (χ3v) is 3.47. The molecule has 1 aliphatic carbocycles. The van der Waals surface area contributed by atoms with E-state index in [1.807, 2.05) is 12.2 Å². The van der Waals surface area contributed by atoms with Crippen LogP contribution in [0.1, 0.15) is 6.42 Å². The molecule has 0 fully saturated rings. The molecular formula is C12H11NO2S. The Kier molecular flexibility index (Phi) is 3.41. The SMILES string of the molecule is O=[N+]([O-])c1ccc(S[C@@H]2C=CC=CC2)cc1. The van der Waals surface area contributed by atoms with Crippen molar-refractivity contribution >= 4 is 17.4 Å². The van der Waals surface area contributed by atoms with E-state index in [2.05, 4.69) is 12.2 Å². The standard InChI is InChI=1S/C12H11NO2S/c14-13(15)10-6-8-12(9-7-10)16-11-4-2-1-3-5-11/h1-4,6-9,11H,5H2/t11-/m1/s1. The predicted molar refractivity (Wildman–Crippen MR) is 65.6 cm³/mol. The lowest BCUT2D eigenvalue weighted by atomic mass is 10.2. The van der Waals surface area contributed by atoms with Crippen molar-refractivity contribution in [1.29, 1.82) is 0 Å². The van der Waals surface area contributed by atoms with Crippen LogP contribution in [0.25, 0.3) is 0 Å². The van der Waals surface area contributed by atoms with Crippen LogP contribution in [-0.4, -0.2) is 10.2 Å². The van der Waals surface area contributed by atoms with Gasteiger partial charge in [-0.05, 0) is 18.6 Å². The van der Waals surface area contributed by atoms with E-state index in [0.717, 1.165) is 11.3 Å².